The highest BCUT2D eigenvalue weighted by molar-refractivity contribution is 5.93. The number of carbonyl (C=O) groups excluding carboxylic acids is 1. The van der Waals surface area contributed by atoms with Gasteiger partial charge in [0, 0.05) is 12.1 Å². The minimum absolute atomic E-state index is 0.185. The third kappa shape index (κ3) is 4.43. The van der Waals surface area contributed by atoms with E-state index in [9.17, 15) is 9.18 Å². The van der Waals surface area contributed by atoms with E-state index < -0.39 is 5.91 Å². The first kappa shape index (κ1) is 13.5. The Hall–Kier alpha value is -1.58. The first-order valence-corrected chi connectivity index (χ1v) is 5.63. The summed E-state index contributed by atoms with van der Waals surface area (Å²) in [5.74, 6) is -0.923. The molecule has 1 aromatic carbocycles. The molecular formula is C13H19FN2O. The highest BCUT2D eigenvalue weighted by Gasteiger charge is 2.11. The Morgan fingerprint density at radius 3 is 2.59 bits per heavy atom. The van der Waals surface area contributed by atoms with Crippen molar-refractivity contribution < 1.29 is 9.18 Å². The van der Waals surface area contributed by atoms with Crippen molar-refractivity contribution in [2.75, 3.05) is 11.9 Å². The van der Waals surface area contributed by atoms with Gasteiger partial charge >= 0.3 is 0 Å². The van der Waals surface area contributed by atoms with E-state index >= 15 is 0 Å². The second-order valence-corrected chi connectivity index (χ2v) is 5.30. The Labute approximate surface area is 101 Å². The van der Waals surface area contributed by atoms with Crippen molar-refractivity contribution in [3.8, 4) is 0 Å². The molecule has 94 valence electrons. The van der Waals surface area contributed by atoms with Gasteiger partial charge in [-0.2, -0.15) is 0 Å². The Morgan fingerprint density at radius 2 is 2.06 bits per heavy atom. The summed E-state index contributed by atoms with van der Waals surface area (Å²) < 4.78 is 13.4. The molecule has 0 spiro atoms. The lowest BCUT2D eigenvalue weighted by molar-refractivity contribution is 0.100. The molecule has 0 aliphatic rings. The molecule has 1 rings (SSSR count). The van der Waals surface area contributed by atoms with Gasteiger partial charge < -0.3 is 11.1 Å². The van der Waals surface area contributed by atoms with Crippen LogP contribution in [0.4, 0.5) is 10.1 Å². The van der Waals surface area contributed by atoms with Crippen LogP contribution in [0.1, 0.15) is 37.6 Å². The van der Waals surface area contributed by atoms with Crippen LogP contribution in [0.3, 0.4) is 0 Å². The van der Waals surface area contributed by atoms with Crippen LogP contribution in [0, 0.1) is 11.2 Å². The van der Waals surface area contributed by atoms with Crippen LogP contribution in [-0.2, 0) is 0 Å². The number of rotatable bonds is 4. The second kappa shape index (κ2) is 5.17. The fourth-order valence-electron chi connectivity index (χ4n) is 1.39. The van der Waals surface area contributed by atoms with Crippen molar-refractivity contribution in [1.82, 2.24) is 0 Å². The van der Waals surface area contributed by atoms with E-state index in [1.165, 1.54) is 18.2 Å². The zero-order chi connectivity index (χ0) is 13.1. The quantitative estimate of drug-likeness (QED) is 0.847. The first-order valence-electron chi connectivity index (χ1n) is 5.63. The molecule has 1 aromatic rings. The van der Waals surface area contributed by atoms with Crippen LogP contribution in [0.2, 0.25) is 0 Å². The molecule has 0 fully saturated rings. The van der Waals surface area contributed by atoms with E-state index in [0.717, 1.165) is 6.42 Å². The second-order valence-electron chi connectivity index (χ2n) is 5.30. The smallest absolute Gasteiger partial charge is 0.248 e. The predicted molar refractivity (Wildman–Crippen MR) is 67.5 cm³/mol. The van der Waals surface area contributed by atoms with Crippen molar-refractivity contribution in [3.05, 3.63) is 29.6 Å². The van der Waals surface area contributed by atoms with Gasteiger partial charge in [-0.05, 0) is 30.0 Å². The van der Waals surface area contributed by atoms with E-state index in [1.807, 2.05) is 0 Å². The molecule has 17 heavy (non-hydrogen) atoms. The van der Waals surface area contributed by atoms with E-state index in [4.69, 9.17) is 5.73 Å². The van der Waals surface area contributed by atoms with Crippen molar-refractivity contribution in [2.45, 2.75) is 27.2 Å². The fraction of sp³-hybridized carbons (Fsp3) is 0.462. The minimum atomic E-state index is -0.552. The van der Waals surface area contributed by atoms with Gasteiger partial charge in [-0.1, -0.05) is 20.8 Å². The van der Waals surface area contributed by atoms with Gasteiger partial charge in [-0.15, -0.1) is 0 Å². The lowest BCUT2D eigenvalue weighted by Crippen LogP contribution is -2.15. The van der Waals surface area contributed by atoms with Gasteiger partial charge in [-0.25, -0.2) is 4.39 Å². The largest absolute Gasteiger partial charge is 0.383 e. The van der Waals surface area contributed by atoms with Crippen LogP contribution >= 0.6 is 0 Å². The molecule has 0 bridgehead atoms. The van der Waals surface area contributed by atoms with E-state index in [-0.39, 0.29) is 11.2 Å². The molecule has 4 heteroatoms. The van der Waals surface area contributed by atoms with E-state index in [1.54, 1.807) is 0 Å². The van der Waals surface area contributed by atoms with Gasteiger partial charge in [0.05, 0.1) is 5.69 Å². The Kier molecular flexibility index (Phi) is 4.10. The van der Waals surface area contributed by atoms with Gasteiger partial charge in [0.15, 0.2) is 0 Å². The van der Waals surface area contributed by atoms with Gasteiger partial charge in [0.2, 0.25) is 5.91 Å². The molecule has 0 aliphatic carbocycles. The zero-order valence-electron chi connectivity index (χ0n) is 10.5. The summed E-state index contributed by atoms with van der Waals surface area (Å²) in [6.07, 6.45) is 0.910. The number of halogens is 1. The summed E-state index contributed by atoms with van der Waals surface area (Å²) in [4.78, 5) is 11.0. The molecule has 0 saturated carbocycles. The van der Waals surface area contributed by atoms with Gasteiger partial charge in [0.25, 0.3) is 0 Å². The zero-order valence-corrected chi connectivity index (χ0v) is 10.5. The predicted octanol–water partition coefficient (Wildman–Crippen LogP) is 2.77. The summed E-state index contributed by atoms with van der Waals surface area (Å²) in [6.45, 7) is 7.00. The summed E-state index contributed by atoms with van der Waals surface area (Å²) in [5, 5.41) is 2.98. The molecule has 0 heterocycles. The monoisotopic (exact) mass is 238 g/mol. The van der Waals surface area contributed by atoms with Crippen LogP contribution in [0.25, 0.3) is 0 Å². The molecule has 0 aromatic heterocycles. The molecule has 0 saturated heterocycles. The number of hydrogen-bond acceptors (Lipinski definition) is 2. The highest BCUT2D eigenvalue weighted by atomic mass is 19.1. The summed E-state index contributed by atoms with van der Waals surface area (Å²) in [6, 6.07) is 4.08. The topological polar surface area (TPSA) is 55.1 Å². The summed E-state index contributed by atoms with van der Waals surface area (Å²) >= 11 is 0. The number of amides is 1. The van der Waals surface area contributed by atoms with Crippen LogP contribution < -0.4 is 11.1 Å². The number of hydrogen-bond donors (Lipinski definition) is 2. The van der Waals surface area contributed by atoms with Crippen LogP contribution in [0.5, 0.6) is 0 Å². The lowest BCUT2D eigenvalue weighted by atomic mass is 9.92. The number of primary amides is 1. The fourth-order valence-corrected chi connectivity index (χ4v) is 1.39. The molecule has 0 radical (unpaired) electrons. The maximum absolute atomic E-state index is 13.4. The Bertz CT molecular complexity index is 410. The van der Waals surface area contributed by atoms with Crippen molar-refractivity contribution in [1.29, 1.82) is 0 Å². The first-order chi connectivity index (χ1) is 7.79. The molecule has 0 aliphatic heterocycles. The van der Waals surface area contributed by atoms with E-state index in [2.05, 4.69) is 26.1 Å². The number of anilines is 1. The van der Waals surface area contributed by atoms with Crippen LogP contribution in [0.15, 0.2) is 18.2 Å². The van der Waals surface area contributed by atoms with Gasteiger partial charge in [0.1, 0.15) is 5.82 Å². The maximum atomic E-state index is 13.4. The van der Waals surface area contributed by atoms with Crippen molar-refractivity contribution in [3.63, 3.8) is 0 Å². The standard InChI is InChI=1S/C13H19FN2O/c1-13(2,3)6-7-16-11-8-9(12(15)17)4-5-10(11)14/h4-5,8,16H,6-7H2,1-3H3,(H2,15,17). The highest BCUT2D eigenvalue weighted by Crippen LogP contribution is 2.20. The van der Waals surface area contributed by atoms with Crippen molar-refractivity contribution >= 4 is 11.6 Å². The third-order valence-corrected chi connectivity index (χ3v) is 2.44. The molecule has 3 nitrogen and oxygen atoms in total. The SMILES string of the molecule is CC(C)(C)CCNc1cc(C(N)=O)ccc1F. The number of benzene rings is 1. The average molecular weight is 238 g/mol. The minimum Gasteiger partial charge on any atom is -0.383 e. The number of nitrogens with two attached hydrogens (primary N) is 1. The number of carbonyl (C=O) groups is 1. The summed E-state index contributed by atoms with van der Waals surface area (Å²) in [5.41, 5.74) is 5.96. The van der Waals surface area contributed by atoms with Gasteiger partial charge in [-0.3, -0.25) is 4.79 Å². The lowest BCUT2D eigenvalue weighted by Gasteiger charge is -2.18. The number of nitrogens with one attached hydrogen (secondary N) is 1. The average Bonchev–Trinajstić information content (AvgIpc) is 2.18. The molecule has 3 N–H and O–H groups in total. The third-order valence-electron chi connectivity index (χ3n) is 2.44. The maximum Gasteiger partial charge on any atom is 0.248 e. The normalized spacial score (nSPS) is 11.3. The molecular weight excluding hydrogens is 219 g/mol. The molecule has 1 amide bonds. The Morgan fingerprint density at radius 1 is 1.41 bits per heavy atom. The molecule has 0 unspecified atom stereocenters. The van der Waals surface area contributed by atoms with Crippen LogP contribution in [-0.4, -0.2) is 12.5 Å². The van der Waals surface area contributed by atoms with Crippen molar-refractivity contribution in [2.24, 2.45) is 11.1 Å². The Balaban J connectivity index is 2.70. The van der Waals surface area contributed by atoms with E-state index in [0.29, 0.717) is 17.8 Å². The molecule has 0 atom stereocenters. The summed E-state index contributed by atoms with van der Waals surface area (Å²) in [7, 11) is 0.